The average molecular weight is 588 g/mol. The molecule has 0 N–H and O–H groups in total. The highest BCUT2D eigenvalue weighted by molar-refractivity contribution is 5.80. The molecule has 0 heterocycles. The number of anilines is 3. The van der Waals surface area contributed by atoms with E-state index in [4.69, 9.17) is 0 Å². The van der Waals surface area contributed by atoms with Gasteiger partial charge in [-0.1, -0.05) is 112 Å². The van der Waals surface area contributed by atoms with Crippen LogP contribution in [0, 0.1) is 17.8 Å². The molecule has 1 heteroatoms. The van der Waals surface area contributed by atoms with Crippen molar-refractivity contribution in [2.24, 2.45) is 17.8 Å². The maximum Gasteiger partial charge on any atom is 0.0462 e. The van der Waals surface area contributed by atoms with Gasteiger partial charge in [-0.15, -0.1) is 0 Å². The van der Waals surface area contributed by atoms with Crippen LogP contribution in [0.5, 0.6) is 0 Å². The predicted molar refractivity (Wildman–Crippen MR) is 191 cm³/mol. The lowest BCUT2D eigenvalue weighted by molar-refractivity contribution is -0.00518. The summed E-state index contributed by atoms with van der Waals surface area (Å²) in [6.07, 6.45) is 8.76. The summed E-state index contributed by atoms with van der Waals surface area (Å²) in [5.74, 6) is 2.93. The van der Waals surface area contributed by atoms with Gasteiger partial charge in [0.2, 0.25) is 0 Å². The fraction of sp³-hybridized carbons (Fsp3) is 0.318. The van der Waals surface area contributed by atoms with Crippen LogP contribution in [0.1, 0.15) is 70.4 Å². The van der Waals surface area contributed by atoms with Crippen LogP contribution in [-0.4, -0.2) is 0 Å². The van der Waals surface area contributed by atoms with Crippen molar-refractivity contribution in [1.82, 2.24) is 0 Å². The fourth-order valence-corrected chi connectivity index (χ4v) is 9.27. The minimum absolute atomic E-state index is 0.119. The first-order chi connectivity index (χ1) is 21.8. The highest BCUT2D eigenvalue weighted by atomic mass is 15.1. The molecule has 45 heavy (non-hydrogen) atoms. The van der Waals surface area contributed by atoms with E-state index in [0.29, 0.717) is 5.41 Å². The standard InChI is InChI=1S/C44H45N/c1-43(2,3)38-17-23-42(24-18-38)45(40-19-11-36(12-20-40)34-7-5-4-6-8-34)41-21-13-37(14-22-41)35-9-15-39(16-10-35)44-28-31-25-32(29-44)27-33(26-31)30-44/h4-24,31-33H,25-30H2,1-3H3. The molecule has 9 rings (SSSR count). The van der Waals surface area contributed by atoms with Crippen LogP contribution in [0.4, 0.5) is 17.1 Å². The molecule has 0 saturated heterocycles. The van der Waals surface area contributed by atoms with E-state index >= 15 is 0 Å². The predicted octanol–water partition coefficient (Wildman–Crippen LogP) is 12.3. The van der Waals surface area contributed by atoms with E-state index in [9.17, 15) is 0 Å². The van der Waals surface area contributed by atoms with Crippen LogP contribution in [0.2, 0.25) is 0 Å². The van der Waals surface area contributed by atoms with Gasteiger partial charge in [0.25, 0.3) is 0 Å². The number of rotatable bonds is 6. The lowest BCUT2D eigenvalue weighted by Crippen LogP contribution is -2.48. The Morgan fingerprint density at radius 2 is 0.844 bits per heavy atom. The summed E-state index contributed by atoms with van der Waals surface area (Å²) in [4.78, 5) is 2.38. The largest absolute Gasteiger partial charge is 0.311 e. The summed E-state index contributed by atoms with van der Waals surface area (Å²) >= 11 is 0. The summed E-state index contributed by atoms with van der Waals surface area (Å²) in [5, 5.41) is 0. The number of nitrogens with zero attached hydrogens (tertiary/aromatic N) is 1. The molecule has 1 nitrogen and oxygen atoms in total. The second-order valence-corrected chi connectivity index (χ2v) is 15.4. The van der Waals surface area contributed by atoms with E-state index in [1.807, 2.05) is 0 Å². The van der Waals surface area contributed by atoms with Gasteiger partial charge in [0.1, 0.15) is 0 Å². The quantitative estimate of drug-likeness (QED) is 0.191. The fourth-order valence-electron chi connectivity index (χ4n) is 9.27. The summed E-state index contributed by atoms with van der Waals surface area (Å²) in [6, 6.07) is 47.5. The normalized spacial score (nSPS) is 23.7. The Balaban J connectivity index is 1.09. The first-order valence-electron chi connectivity index (χ1n) is 17.1. The zero-order chi connectivity index (χ0) is 30.6. The van der Waals surface area contributed by atoms with Gasteiger partial charge in [-0.2, -0.15) is 0 Å². The smallest absolute Gasteiger partial charge is 0.0462 e. The molecular weight excluding hydrogens is 542 g/mol. The monoisotopic (exact) mass is 587 g/mol. The van der Waals surface area contributed by atoms with Gasteiger partial charge in [-0.25, -0.2) is 0 Å². The lowest BCUT2D eigenvalue weighted by Gasteiger charge is -2.57. The van der Waals surface area contributed by atoms with Crippen LogP contribution in [0.3, 0.4) is 0 Å². The van der Waals surface area contributed by atoms with E-state index in [-0.39, 0.29) is 5.41 Å². The Morgan fingerprint density at radius 1 is 0.467 bits per heavy atom. The molecule has 0 aliphatic heterocycles. The minimum atomic E-state index is 0.119. The van der Waals surface area contributed by atoms with Crippen LogP contribution in [0.15, 0.2) is 127 Å². The van der Waals surface area contributed by atoms with Crippen LogP contribution < -0.4 is 4.90 Å². The van der Waals surface area contributed by atoms with Crippen molar-refractivity contribution in [3.05, 3.63) is 139 Å². The molecule has 4 bridgehead atoms. The Kier molecular flexibility index (Phi) is 6.97. The Morgan fingerprint density at radius 3 is 1.27 bits per heavy atom. The van der Waals surface area contributed by atoms with Gasteiger partial charge in [-0.05, 0) is 137 Å². The van der Waals surface area contributed by atoms with Gasteiger partial charge >= 0.3 is 0 Å². The van der Waals surface area contributed by atoms with Crippen molar-refractivity contribution in [3.8, 4) is 22.3 Å². The summed E-state index contributed by atoms with van der Waals surface area (Å²) in [5.41, 5.74) is 12.1. The first-order valence-corrected chi connectivity index (χ1v) is 17.1. The van der Waals surface area contributed by atoms with Crippen LogP contribution >= 0.6 is 0 Å². The van der Waals surface area contributed by atoms with Crippen LogP contribution in [0.25, 0.3) is 22.3 Å². The Hall–Kier alpha value is -4.10. The van der Waals surface area contributed by atoms with E-state index < -0.39 is 0 Å². The maximum absolute atomic E-state index is 2.47. The maximum atomic E-state index is 2.47. The van der Waals surface area contributed by atoms with Gasteiger partial charge in [0.05, 0.1) is 0 Å². The van der Waals surface area contributed by atoms with E-state index in [1.165, 1.54) is 77.7 Å². The van der Waals surface area contributed by atoms with E-state index in [1.54, 1.807) is 5.56 Å². The molecule has 5 aromatic carbocycles. The molecule has 226 valence electrons. The molecule has 0 amide bonds. The molecule has 4 aliphatic carbocycles. The van der Waals surface area contributed by atoms with Crippen molar-refractivity contribution >= 4 is 17.1 Å². The van der Waals surface area contributed by atoms with Crippen molar-refractivity contribution in [2.75, 3.05) is 4.90 Å². The molecular formula is C44H45N. The average Bonchev–Trinajstić information content (AvgIpc) is 3.05. The minimum Gasteiger partial charge on any atom is -0.311 e. The summed E-state index contributed by atoms with van der Waals surface area (Å²) in [6.45, 7) is 6.82. The third kappa shape index (κ3) is 5.41. The van der Waals surface area contributed by atoms with Crippen molar-refractivity contribution in [3.63, 3.8) is 0 Å². The van der Waals surface area contributed by atoms with E-state index in [0.717, 1.165) is 23.4 Å². The molecule has 4 fully saturated rings. The SMILES string of the molecule is CC(C)(C)c1ccc(N(c2ccc(-c3ccccc3)cc2)c2ccc(-c3ccc(C45CC6CC(CC(C6)C4)C5)cc3)cc2)cc1. The molecule has 0 aromatic heterocycles. The first kappa shape index (κ1) is 28.4. The highest BCUT2D eigenvalue weighted by Crippen LogP contribution is 2.60. The molecule has 5 aromatic rings. The molecule has 0 unspecified atom stereocenters. The topological polar surface area (TPSA) is 3.24 Å². The zero-order valence-electron chi connectivity index (χ0n) is 27.0. The third-order valence-electron chi connectivity index (χ3n) is 11.2. The third-order valence-corrected chi connectivity index (χ3v) is 11.2. The number of benzene rings is 5. The Labute approximate surface area is 270 Å². The molecule has 0 spiro atoms. The van der Waals surface area contributed by atoms with Gasteiger partial charge < -0.3 is 4.90 Å². The lowest BCUT2D eigenvalue weighted by atomic mass is 9.48. The zero-order valence-corrected chi connectivity index (χ0v) is 27.0. The van der Waals surface area contributed by atoms with E-state index in [2.05, 4.69) is 153 Å². The van der Waals surface area contributed by atoms with Gasteiger partial charge in [0.15, 0.2) is 0 Å². The second-order valence-electron chi connectivity index (χ2n) is 15.4. The second kappa shape index (κ2) is 11.1. The van der Waals surface area contributed by atoms with Crippen molar-refractivity contribution in [1.29, 1.82) is 0 Å². The van der Waals surface area contributed by atoms with Gasteiger partial charge in [0, 0.05) is 17.1 Å². The number of hydrogen-bond donors (Lipinski definition) is 0. The van der Waals surface area contributed by atoms with Gasteiger partial charge in [-0.3, -0.25) is 0 Å². The molecule has 4 saturated carbocycles. The molecule has 0 radical (unpaired) electrons. The Bertz CT molecular complexity index is 1720. The molecule has 0 atom stereocenters. The summed E-state index contributed by atoms with van der Waals surface area (Å²) in [7, 11) is 0. The van der Waals surface area contributed by atoms with Crippen molar-refractivity contribution in [2.45, 2.75) is 70.1 Å². The number of hydrogen-bond acceptors (Lipinski definition) is 1. The summed E-state index contributed by atoms with van der Waals surface area (Å²) < 4.78 is 0. The van der Waals surface area contributed by atoms with Crippen LogP contribution in [-0.2, 0) is 10.8 Å². The van der Waals surface area contributed by atoms with Crippen molar-refractivity contribution < 1.29 is 0 Å². The highest BCUT2D eigenvalue weighted by Gasteiger charge is 2.51. The molecule has 4 aliphatic rings.